The molecule has 0 aliphatic heterocycles. The zero-order valence-corrected chi connectivity index (χ0v) is 11.9. The average Bonchev–Trinajstić information content (AvgIpc) is 2.93. The molecule has 0 saturated carbocycles. The Balaban J connectivity index is 2.27. The van der Waals surface area contributed by atoms with Gasteiger partial charge in [-0.25, -0.2) is 9.97 Å². The minimum absolute atomic E-state index is 0.222. The van der Waals surface area contributed by atoms with Crippen molar-refractivity contribution in [3.8, 4) is 17.6 Å². The van der Waals surface area contributed by atoms with E-state index in [1.54, 1.807) is 12.1 Å². The zero-order valence-electron chi connectivity index (χ0n) is 11.1. The fourth-order valence-electron chi connectivity index (χ4n) is 2.11. The molecule has 2 heterocycles. The van der Waals surface area contributed by atoms with Crippen molar-refractivity contribution in [2.45, 2.75) is 5.88 Å². The first-order valence-electron chi connectivity index (χ1n) is 6.11. The van der Waals surface area contributed by atoms with Gasteiger partial charge in [0.15, 0.2) is 11.2 Å². The molecule has 0 N–H and O–H groups in total. The van der Waals surface area contributed by atoms with Gasteiger partial charge in [-0.15, -0.1) is 11.6 Å². The standard InChI is InChI=1S/C14H10ClN5O/c1-21-14-12-13(17-8-18-14)20(11(6-15)19-12)10-4-2-9(7-16)3-5-10/h2-5,8H,6H2,1H3. The highest BCUT2D eigenvalue weighted by atomic mass is 35.5. The molecule has 104 valence electrons. The summed E-state index contributed by atoms with van der Waals surface area (Å²) in [7, 11) is 1.53. The molecule has 0 unspecified atom stereocenters. The Labute approximate surface area is 125 Å². The Morgan fingerprint density at radius 2 is 2.05 bits per heavy atom. The van der Waals surface area contributed by atoms with Crippen LogP contribution in [0, 0.1) is 11.3 Å². The highest BCUT2D eigenvalue weighted by Gasteiger charge is 2.16. The number of methoxy groups -OCH3 is 1. The first kappa shape index (κ1) is 13.3. The second-order valence-electron chi connectivity index (χ2n) is 4.21. The molecule has 0 fully saturated rings. The third kappa shape index (κ3) is 2.18. The fraction of sp³-hybridized carbons (Fsp3) is 0.143. The predicted molar refractivity (Wildman–Crippen MR) is 77.5 cm³/mol. The first-order chi connectivity index (χ1) is 10.3. The van der Waals surface area contributed by atoms with Gasteiger partial charge >= 0.3 is 0 Å². The van der Waals surface area contributed by atoms with Gasteiger partial charge in [0, 0.05) is 5.69 Å². The highest BCUT2D eigenvalue weighted by molar-refractivity contribution is 6.17. The van der Waals surface area contributed by atoms with E-state index in [1.807, 2.05) is 16.7 Å². The third-order valence-electron chi connectivity index (χ3n) is 3.05. The van der Waals surface area contributed by atoms with Gasteiger partial charge in [-0.2, -0.15) is 10.2 Å². The van der Waals surface area contributed by atoms with Crippen LogP contribution >= 0.6 is 11.6 Å². The zero-order chi connectivity index (χ0) is 14.8. The number of hydrogen-bond donors (Lipinski definition) is 0. The lowest BCUT2D eigenvalue weighted by molar-refractivity contribution is 0.401. The Kier molecular flexibility index (Phi) is 3.42. The number of fused-ring (bicyclic) bond motifs is 1. The number of benzene rings is 1. The topological polar surface area (TPSA) is 76.6 Å². The Morgan fingerprint density at radius 3 is 2.67 bits per heavy atom. The van der Waals surface area contributed by atoms with E-state index in [-0.39, 0.29) is 5.88 Å². The summed E-state index contributed by atoms with van der Waals surface area (Å²) in [6.07, 6.45) is 1.42. The average molecular weight is 300 g/mol. The van der Waals surface area contributed by atoms with Crippen LogP contribution in [0.4, 0.5) is 0 Å². The number of nitrogens with zero attached hydrogens (tertiary/aromatic N) is 5. The smallest absolute Gasteiger partial charge is 0.245 e. The maximum Gasteiger partial charge on any atom is 0.245 e. The van der Waals surface area contributed by atoms with Crippen LogP contribution in [0.1, 0.15) is 11.4 Å². The van der Waals surface area contributed by atoms with E-state index in [4.69, 9.17) is 21.6 Å². The summed E-state index contributed by atoms with van der Waals surface area (Å²) in [6, 6.07) is 9.20. The summed E-state index contributed by atoms with van der Waals surface area (Å²) in [6.45, 7) is 0. The van der Waals surface area contributed by atoms with E-state index < -0.39 is 0 Å². The quantitative estimate of drug-likeness (QED) is 0.694. The first-order valence-corrected chi connectivity index (χ1v) is 6.64. The van der Waals surface area contributed by atoms with Crippen LogP contribution in [-0.2, 0) is 5.88 Å². The van der Waals surface area contributed by atoms with Gasteiger partial charge in [0.25, 0.3) is 0 Å². The van der Waals surface area contributed by atoms with E-state index in [0.717, 1.165) is 5.69 Å². The molecule has 3 rings (SSSR count). The number of imidazole rings is 1. The molecule has 0 atom stereocenters. The molecule has 0 saturated heterocycles. The second kappa shape index (κ2) is 5.38. The van der Waals surface area contributed by atoms with Crippen molar-refractivity contribution in [1.29, 1.82) is 5.26 Å². The number of ether oxygens (including phenoxy) is 1. The van der Waals surface area contributed by atoms with E-state index in [9.17, 15) is 0 Å². The monoisotopic (exact) mass is 299 g/mol. The number of aromatic nitrogens is 4. The number of halogens is 1. The number of nitriles is 1. The number of alkyl halides is 1. The van der Waals surface area contributed by atoms with Gasteiger partial charge in [0.05, 0.1) is 24.6 Å². The molecule has 0 radical (unpaired) electrons. The molecular weight excluding hydrogens is 290 g/mol. The Hall–Kier alpha value is -2.65. The lowest BCUT2D eigenvalue weighted by Gasteiger charge is -2.07. The van der Waals surface area contributed by atoms with Crippen LogP contribution in [-0.4, -0.2) is 26.6 Å². The van der Waals surface area contributed by atoms with Crippen molar-refractivity contribution >= 4 is 22.8 Å². The fourth-order valence-corrected chi connectivity index (χ4v) is 2.29. The minimum Gasteiger partial charge on any atom is -0.479 e. The molecule has 7 heteroatoms. The van der Waals surface area contributed by atoms with Crippen molar-refractivity contribution in [2.24, 2.45) is 0 Å². The second-order valence-corrected chi connectivity index (χ2v) is 4.48. The third-order valence-corrected chi connectivity index (χ3v) is 3.29. The van der Waals surface area contributed by atoms with E-state index in [0.29, 0.717) is 28.4 Å². The maximum atomic E-state index is 8.87. The summed E-state index contributed by atoms with van der Waals surface area (Å²) < 4.78 is 7.03. The van der Waals surface area contributed by atoms with Crippen molar-refractivity contribution in [1.82, 2.24) is 19.5 Å². The molecular formula is C14H10ClN5O. The molecule has 0 spiro atoms. The summed E-state index contributed by atoms with van der Waals surface area (Å²) in [4.78, 5) is 12.7. The molecule has 0 amide bonds. The van der Waals surface area contributed by atoms with Crippen LogP contribution in [0.3, 0.4) is 0 Å². The van der Waals surface area contributed by atoms with Gasteiger partial charge in [0.1, 0.15) is 12.2 Å². The van der Waals surface area contributed by atoms with Crippen molar-refractivity contribution < 1.29 is 4.74 Å². The maximum absolute atomic E-state index is 8.87. The van der Waals surface area contributed by atoms with Crippen molar-refractivity contribution in [3.63, 3.8) is 0 Å². The molecule has 3 aromatic rings. The van der Waals surface area contributed by atoms with Crippen LogP contribution in [0.15, 0.2) is 30.6 Å². The van der Waals surface area contributed by atoms with Crippen molar-refractivity contribution in [3.05, 3.63) is 42.0 Å². The Morgan fingerprint density at radius 1 is 1.29 bits per heavy atom. The molecule has 21 heavy (non-hydrogen) atoms. The largest absolute Gasteiger partial charge is 0.479 e. The van der Waals surface area contributed by atoms with Gasteiger partial charge in [-0.1, -0.05) is 0 Å². The van der Waals surface area contributed by atoms with Crippen molar-refractivity contribution in [2.75, 3.05) is 7.11 Å². The Bertz CT molecular complexity index is 835. The molecule has 0 aliphatic rings. The molecule has 0 aliphatic carbocycles. The van der Waals surface area contributed by atoms with Gasteiger partial charge < -0.3 is 4.74 Å². The predicted octanol–water partition coefficient (Wildman–Crippen LogP) is 2.43. The lowest BCUT2D eigenvalue weighted by Crippen LogP contribution is -2.00. The number of hydrogen-bond acceptors (Lipinski definition) is 5. The SMILES string of the molecule is COc1ncnc2c1nc(CCl)n2-c1ccc(C#N)cc1. The summed E-state index contributed by atoms with van der Waals surface area (Å²) >= 11 is 5.98. The molecule has 6 nitrogen and oxygen atoms in total. The van der Waals surface area contributed by atoms with Gasteiger partial charge in [-0.3, -0.25) is 4.57 Å². The van der Waals surface area contributed by atoms with Crippen LogP contribution < -0.4 is 4.74 Å². The normalized spacial score (nSPS) is 10.5. The summed E-state index contributed by atoms with van der Waals surface area (Å²) in [5.74, 6) is 1.26. The molecule has 2 aromatic heterocycles. The number of rotatable bonds is 3. The van der Waals surface area contributed by atoms with Crippen LogP contribution in [0.2, 0.25) is 0 Å². The van der Waals surface area contributed by atoms with Gasteiger partial charge in [-0.05, 0) is 24.3 Å². The van der Waals surface area contributed by atoms with Gasteiger partial charge in [0.2, 0.25) is 5.88 Å². The summed E-state index contributed by atoms with van der Waals surface area (Å²) in [5.41, 5.74) is 2.58. The summed E-state index contributed by atoms with van der Waals surface area (Å²) in [5, 5.41) is 8.87. The van der Waals surface area contributed by atoms with E-state index in [2.05, 4.69) is 21.0 Å². The van der Waals surface area contributed by atoms with Crippen LogP contribution in [0.25, 0.3) is 16.9 Å². The van der Waals surface area contributed by atoms with E-state index >= 15 is 0 Å². The van der Waals surface area contributed by atoms with E-state index in [1.165, 1.54) is 13.4 Å². The lowest BCUT2D eigenvalue weighted by atomic mass is 10.2. The molecule has 1 aromatic carbocycles. The molecule has 0 bridgehead atoms. The highest BCUT2D eigenvalue weighted by Crippen LogP contribution is 2.25. The van der Waals surface area contributed by atoms with Crippen LogP contribution in [0.5, 0.6) is 5.88 Å². The minimum atomic E-state index is 0.222.